The summed E-state index contributed by atoms with van der Waals surface area (Å²) in [5.41, 5.74) is 2.30. The molecule has 0 radical (unpaired) electrons. The number of aromatic nitrogens is 2. The van der Waals surface area contributed by atoms with Gasteiger partial charge in [-0.3, -0.25) is 4.72 Å². The van der Waals surface area contributed by atoms with Crippen molar-refractivity contribution >= 4 is 50.5 Å². The molecule has 176 valence electrons. The molecule has 33 heavy (non-hydrogen) atoms. The molecule has 3 rings (SSSR count). The second kappa shape index (κ2) is 10.0. The molecule has 0 saturated carbocycles. The first kappa shape index (κ1) is 24.2. The molecule has 0 bridgehead atoms. The number of sulfonamides is 1. The van der Waals surface area contributed by atoms with Gasteiger partial charge in [0.15, 0.2) is 17.3 Å². The molecule has 1 aromatic heterocycles. The second-order valence-corrected chi connectivity index (χ2v) is 9.10. The standard InChI is InChI=1S/C21H24ClN5O5S/c1-12-8-18(31-3)19(32-4)10-16(12)25-21-23-11-14(22)20(26-21)24-15-7-6-13(30-2)9-17(15)27-33(5,28)29/h6-11,27H,1-5H3,(H2,23,24,25,26). The first-order valence-electron chi connectivity index (χ1n) is 9.58. The Labute approximate surface area is 197 Å². The lowest BCUT2D eigenvalue weighted by Gasteiger charge is -2.16. The summed E-state index contributed by atoms with van der Waals surface area (Å²) in [7, 11) is 1.07. The van der Waals surface area contributed by atoms with Crippen LogP contribution in [0.4, 0.5) is 28.8 Å². The van der Waals surface area contributed by atoms with E-state index < -0.39 is 10.0 Å². The topological polar surface area (TPSA) is 124 Å². The lowest BCUT2D eigenvalue weighted by molar-refractivity contribution is 0.355. The van der Waals surface area contributed by atoms with Crippen molar-refractivity contribution in [3.63, 3.8) is 0 Å². The highest BCUT2D eigenvalue weighted by Crippen LogP contribution is 2.35. The first-order chi connectivity index (χ1) is 15.6. The van der Waals surface area contributed by atoms with Crippen LogP contribution in [-0.2, 0) is 10.0 Å². The zero-order valence-corrected chi connectivity index (χ0v) is 20.3. The van der Waals surface area contributed by atoms with Crippen molar-refractivity contribution in [1.82, 2.24) is 9.97 Å². The fourth-order valence-electron chi connectivity index (χ4n) is 2.92. The monoisotopic (exact) mass is 493 g/mol. The van der Waals surface area contributed by atoms with Crippen molar-refractivity contribution < 1.29 is 22.6 Å². The van der Waals surface area contributed by atoms with Gasteiger partial charge in [-0.2, -0.15) is 4.98 Å². The Kier molecular flexibility index (Phi) is 7.34. The van der Waals surface area contributed by atoms with Crippen LogP contribution >= 0.6 is 11.6 Å². The molecule has 3 N–H and O–H groups in total. The minimum absolute atomic E-state index is 0.241. The van der Waals surface area contributed by atoms with Gasteiger partial charge in [-0.05, 0) is 30.7 Å². The van der Waals surface area contributed by atoms with E-state index in [1.54, 1.807) is 38.5 Å². The van der Waals surface area contributed by atoms with Crippen LogP contribution in [0.5, 0.6) is 17.2 Å². The van der Waals surface area contributed by atoms with Crippen LogP contribution in [0.25, 0.3) is 0 Å². The van der Waals surface area contributed by atoms with E-state index in [-0.39, 0.29) is 22.5 Å². The summed E-state index contributed by atoms with van der Waals surface area (Å²) in [6.07, 6.45) is 2.49. The Balaban J connectivity index is 1.94. The van der Waals surface area contributed by atoms with E-state index in [4.69, 9.17) is 25.8 Å². The average molecular weight is 494 g/mol. The number of anilines is 5. The molecule has 10 nitrogen and oxygen atoms in total. The normalized spacial score (nSPS) is 11.0. The van der Waals surface area contributed by atoms with Crippen LogP contribution in [0, 0.1) is 6.92 Å². The minimum atomic E-state index is -3.54. The van der Waals surface area contributed by atoms with Gasteiger partial charge in [-0.1, -0.05) is 11.6 Å². The van der Waals surface area contributed by atoms with E-state index in [0.29, 0.717) is 28.6 Å². The van der Waals surface area contributed by atoms with Crippen LogP contribution < -0.4 is 29.6 Å². The van der Waals surface area contributed by atoms with Gasteiger partial charge in [0.05, 0.1) is 45.2 Å². The maximum absolute atomic E-state index is 11.8. The van der Waals surface area contributed by atoms with Gasteiger partial charge in [0.2, 0.25) is 16.0 Å². The molecule has 1 heterocycles. The Bertz CT molecular complexity index is 1270. The molecule has 0 aliphatic carbocycles. The zero-order valence-electron chi connectivity index (χ0n) is 18.7. The third-order valence-corrected chi connectivity index (χ3v) is 5.36. The van der Waals surface area contributed by atoms with Crippen molar-refractivity contribution in [2.45, 2.75) is 6.92 Å². The molecule has 0 spiro atoms. The first-order valence-corrected chi connectivity index (χ1v) is 11.9. The second-order valence-electron chi connectivity index (χ2n) is 6.95. The van der Waals surface area contributed by atoms with Gasteiger partial charge in [-0.25, -0.2) is 13.4 Å². The lowest BCUT2D eigenvalue weighted by atomic mass is 10.1. The molecule has 0 fully saturated rings. The number of halogens is 1. The predicted octanol–water partition coefficient (Wildman–Crippen LogP) is 4.32. The summed E-state index contributed by atoms with van der Waals surface area (Å²) in [6, 6.07) is 8.48. The third-order valence-electron chi connectivity index (χ3n) is 4.50. The number of nitrogens with one attached hydrogen (secondary N) is 3. The quantitative estimate of drug-likeness (QED) is 0.399. The van der Waals surface area contributed by atoms with Crippen molar-refractivity contribution in [3.05, 3.63) is 47.1 Å². The molecule has 0 unspecified atom stereocenters. The Morgan fingerprint density at radius 2 is 1.61 bits per heavy atom. The third kappa shape index (κ3) is 6.08. The summed E-state index contributed by atoms with van der Waals surface area (Å²) in [4.78, 5) is 8.66. The van der Waals surface area contributed by atoms with Gasteiger partial charge in [0.1, 0.15) is 10.8 Å². The maximum atomic E-state index is 11.8. The van der Waals surface area contributed by atoms with Crippen LogP contribution in [0.1, 0.15) is 5.56 Å². The van der Waals surface area contributed by atoms with Crippen LogP contribution in [0.15, 0.2) is 36.5 Å². The number of rotatable bonds is 9. The summed E-state index contributed by atoms with van der Waals surface area (Å²) in [6.45, 7) is 1.90. The molecule has 12 heteroatoms. The van der Waals surface area contributed by atoms with Gasteiger partial charge < -0.3 is 24.8 Å². The fraction of sp³-hybridized carbons (Fsp3) is 0.238. The van der Waals surface area contributed by atoms with Crippen molar-refractivity contribution in [2.75, 3.05) is 42.9 Å². The van der Waals surface area contributed by atoms with Crippen LogP contribution in [0.2, 0.25) is 5.02 Å². The zero-order chi connectivity index (χ0) is 24.2. The molecular formula is C21H24ClN5O5S. The lowest BCUT2D eigenvalue weighted by Crippen LogP contribution is -2.11. The SMILES string of the molecule is COc1ccc(Nc2nc(Nc3cc(OC)c(OC)cc3C)ncc2Cl)c(NS(C)(=O)=O)c1. The highest BCUT2D eigenvalue weighted by molar-refractivity contribution is 7.92. The minimum Gasteiger partial charge on any atom is -0.497 e. The molecule has 0 saturated heterocycles. The largest absolute Gasteiger partial charge is 0.497 e. The van der Waals surface area contributed by atoms with Gasteiger partial charge >= 0.3 is 0 Å². The summed E-state index contributed by atoms with van der Waals surface area (Å²) >= 11 is 6.30. The summed E-state index contributed by atoms with van der Waals surface area (Å²) in [5, 5.41) is 6.42. The van der Waals surface area contributed by atoms with Crippen molar-refractivity contribution in [2.24, 2.45) is 0 Å². The average Bonchev–Trinajstić information content (AvgIpc) is 2.77. The van der Waals surface area contributed by atoms with E-state index >= 15 is 0 Å². The number of hydrogen-bond acceptors (Lipinski definition) is 9. The van der Waals surface area contributed by atoms with Gasteiger partial charge in [-0.15, -0.1) is 0 Å². The van der Waals surface area contributed by atoms with Crippen LogP contribution in [0.3, 0.4) is 0 Å². The molecule has 0 aliphatic rings. The highest BCUT2D eigenvalue weighted by atomic mass is 35.5. The number of hydrogen-bond donors (Lipinski definition) is 3. The number of aryl methyl sites for hydroxylation is 1. The molecule has 0 amide bonds. The predicted molar refractivity (Wildman–Crippen MR) is 129 cm³/mol. The maximum Gasteiger partial charge on any atom is 0.229 e. The highest BCUT2D eigenvalue weighted by Gasteiger charge is 2.14. The van der Waals surface area contributed by atoms with Crippen molar-refractivity contribution in [1.29, 1.82) is 0 Å². The van der Waals surface area contributed by atoms with E-state index in [0.717, 1.165) is 11.8 Å². The number of ether oxygens (including phenoxy) is 3. The molecular weight excluding hydrogens is 470 g/mol. The Hall–Kier alpha value is -3.44. The van der Waals surface area contributed by atoms with E-state index in [9.17, 15) is 8.42 Å². The number of nitrogens with zero attached hydrogens (tertiary/aromatic N) is 2. The number of benzene rings is 2. The van der Waals surface area contributed by atoms with E-state index in [1.807, 2.05) is 13.0 Å². The summed E-state index contributed by atoms with van der Waals surface area (Å²) in [5.74, 6) is 2.17. The van der Waals surface area contributed by atoms with Gasteiger partial charge in [0.25, 0.3) is 0 Å². The molecule has 3 aromatic rings. The summed E-state index contributed by atoms with van der Waals surface area (Å²) < 4.78 is 41.9. The molecule has 2 aromatic carbocycles. The smallest absolute Gasteiger partial charge is 0.229 e. The Morgan fingerprint density at radius 1 is 0.909 bits per heavy atom. The van der Waals surface area contributed by atoms with Gasteiger partial charge in [0, 0.05) is 17.8 Å². The van der Waals surface area contributed by atoms with E-state index in [2.05, 4.69) is 25.3 Å². The fourth-order valence-corrected chi connectivity index (χ4v) is 3.63. The van der Waals surface area contributed by atoms with Crippen LogP contribution in [-0.4, -0.2) is 46.0 Å². The molecule has 0 aliphatic heterocycles. The van der Waals surface area contributed by atoms with E-state index in [1.165, 1.54) is 13.3 Å². The number of methoxy groups -OCH3 is 3. The van der Waals surface area contributed by atoms with Crippen molar-refractivity contribution in [3.8, 4) is 17.2 Å². The molecule has 0 atom stereocenters. The Morgan fingerprint density at radius 3 is 2.24 bits per heavy atom.